The SMILES string of the molecule is CC(=O)Cc1nc(Cc2ccc(O)cc2)no1. The minimum atomic E-state index is -0.00941. The molecule has 0 atom stereocenters. The molecule has 2 aromatic rings. The van der Waals surface area contributed by atoms with Gasteiger partial charge in [0.25, 0.3) is 0 Å². The van der Waals surface area contributed by atoms with E-state index in [2.05, 4.69) is 10.1 Å². The van der Waals surface area contributed by atoms with Crippen LogP contribution in [0.2, 0.25) is 0 Å². The number of nitrogens with zero attached hydrogens (tertiary/aromatic N) is 2. The van der Waals surface area contributed by atoms with E-state index >= 15 is 0 Å². The Balaban J connectivity index is 2.06. The van der Waals surface area contributed by atoms with Crippen LogP contribution in [0.5, 0.6) is 5.75 Å². The van der Waals surface area contributed by atoms with Crippen LogP contribution in [0.4, 0.5) is 0 Å². The van der Waals surface area contributed by atoms with Gasteiger partial charge in [0.05, 0.1) is 6.42 Å². The fourth-order valence-corrected chi connectivity index (χ4v) is 1.44. The molecule has 0 fully saturated rings. The monoisotopic (exact) mass is 232 g/mol. The maximum absolute atomic E-state index is 10.9. The molecule has 1 aromatic carbocycles. The molecule has 0 aliphatic carbocycles. The van der Waals surface area contributed by atoms with Gasteiger partial charge in [-0.25, -0.2) is 0 Å². The van der Waals surface area contributed by atoms with E-state index in [-0.39, 0.29) is 18.0 Å². The summed E-state index contributed by atoms with van der Waals surface area (Å²) in [5.41, 5.74) is 0.970. The van der Waals surface area contributed by atoms with E-state index in [1.807, 2.05) is 0 Å². The van der Waals surface area contributed by atoms with E-state index < -0.39 is 0 Å². The number of carbonyl (C=O) groups is 1. The van der Waals surface area contributed by atoms with Gasteiger partial charge in [-0.1, -0.05) is 17.3 Å². The van der Waals surface area contributed by atoms with Gasteiger partial charge in [0.15, 0.2) is 5.82 Å². The molecule has 5 nitrogen and oxygen atoms in total. The average molecular weight is 232 g/mol. The lowest BCUT2D eigenvalue weighted by molar-refractivity contribution is -0.116. The van der Waals surface area contributed by atoms with E-state index in [0.29, 0.717) is 18.1 Å². The van der Waals surface area contributed by atoms with Gasteiger partial charge in [-0.05, 0) is 24.6 Å². The van der Waals surface area contributed by atoms with Crippen LogP contribution in [0.25, 0.3) is 0 Å². The summed E-state index contributed by atoms with van der Waals surface area (Å²) in [4.78, 5) is 15.0. The van der Waals surface area contributed by atoms with Crippen molar-refractivity contribution >= 4 is 5.78 Å². The topological polar surface area (TPSA) is 76.2 Å². The zero-order chi connectivity index (χ0) is 12.3. The molecule has 0 saturated carbocycles. The first kappa shape index (κ1) is 11.3. The van der Waals surface area contributed by atoms with Gasteiger partial charge < -0.3 is 9.63 Å². The molecule has 0 saturated heterocycles. The molecule has 2 rings (SSSR count). The van der Waals surface area contributed by atoms with Crippen molar-refractivity contribution in [1.29, 1.82) is 0 Å². The molecular weight excluding hydrogens is 220 g/mol. The number of benzene rings is 1. The Hall–Kier alpha value is -2.17. The van der Waals surface area contributed by atoms with Crippen molar-refractivity contribution in [2.24, 2.45) is 0 Å². The molecule has 0 amide bonds. The van der Waals surface area contributed by atoms with Gasteiger partial charge in [-0.15, -0.1) is 0 Å². The van der Waals surface area contributed by atoms with Gasteiger partial charge in [-0.2, -0.15) is 4.98 Å². The third kappa shape index (κ3) is 3.14. The molecule has 0 unspecified atom stereocenters. The molecule has 88 valence electrons. The van der Waals surface area contributed by atoms with Crippen molar-refractivity contribution in [3.8, 4) is 5.75 Å². The second-order valence-corrected chi connectivity index (χ2v) is 3.83. The molecule has 0 radical (unpaired) electrons. The second kappa shape index (κ2) is 4.78. The molecule has 0 bridgehead atoms. The van der Waals surface area contributed by atoms with Crippen molar-refractivity contribution in [3.63, 3.8) is 0 Å². The number of phenols is 1. The van der Waals surface area contributed by atoms with Gasteiger partial charge in [0.1, 0.15) is 11.5 Å². The van der Waals surface area contributed by atoms with E-state index in [0.717, 1.165) is 5.56 Å². The first-order chi connectivity index (χ1) is 8.13. The highest BCUT2D eigenvalue weighted by Gasteiger charge is 2.08. The quantitative estimate of drug-likeness (QED) is 0.864. The Morgan fingerprint density at radius 1 is 1.35 bits per heavy atom. The molecule has 0 aliphatic heterocycles. The average Bonchev–Trinajstić information content (AvgIpc) is 2.68. The van der Waals surface area contributed by atoms with Crippen molar-refractivity contribution in [3.05, 3.63) is 41.5 Å². The molecule has 0 spiro atoms. The molecule has 0 aliphatic rings. The Morgan fingerprint density at radius 3 is 2.71 bits per heavy atom. The van der Waals surface area contributed by atoms with Gasteiger partial charge >= 0.3 is 0 Å². The molecule has 17 heavy (non-hydrogen) atoms. The molecule has 1 heterocycles. The Bertz CT molecular complexity index is 517. The lowest BCUT2D eigenvalue weighted by Gasteiger charge is -1.96. The molecule has 1 aromatic heterocycles. The van der Waals surface area contributed by atoms with Gasteiger partial charge in [0, 0.05) is 6.42 Å². The fourth-order valence-electron chi connectivity index (χ4n) is 1.44. The summed E-state index contributed by atoms with van der Waals surface area (Å²) in [6, 6.07) is 6.78. The Morgan fingerprint density at radius 2 is 2.06 bits per heavy atom. The number of carbonyl (C=O) groups excluding carboxylic acids is 1. The van der Waals surface area contributed by atoms with E-state index in [9.17, 15) is 4.79 Å². The smallest absolute Gasteiger partial charge is 0.234 e. The second-order valence-electron chi connectivity index (χ2n) is 3.83. The highest BCUT2D eigenvalue weighted by Crippen LogP contribution is 2.12. The predicted octanol–water partition coefficient (Wildman–Crippen LogP) is 1.50. The highest BCUT2D eigenvalue weighted by molar-refractivity contribution is 5.77. The number of phenolic OH excluding ortho intramolecular Hbond substituents is 1. The van der Waals surface area contributed by atoms with Crippen LogP contribution in [0, 0.1) is 0 Å². The Kier molecular flexibility index (Phi) is 3.18. The normalized spacial score (nSPS) is 10.4. The van der Waals surface area contributed by atoms with Crippen molar-refractivity contribution in [1.82, 2.24) is 10.1 Å². The largest absolute Gasteiger partial charge is 0.508 e. The van der Waals surface area contributed by atoms with E-state index in [1.165, 1.54) is 6.92 Å². The number of aromatic nitrogens is 2. The van der Waals surface area contributed by atoms with Crippen LogP contribution < -0.4 is 0 Å². The minimum absolute atomic E-state index is 0.00941. The first-order valence-electron chi connectivity index (χ1n) is 5.22. The molecular formula is C12H12N2O3. The number of aromatic hydroxyl groups is 1. The maximum Gasteiger partial charge on any atom is 0.234 e. The summed E-state index contributed by atoms with van der Waals surface area (Å²) < 4.78 is 4.94. The lowest BCUT2D eigenvalue weighted by Crippen LogP contribution is -1.97. The summed E-state index contributed by atoms with van der Waals surface area (Å²) in [6.07, 6.45) is 0.685. The number of Topliss-reactive ketones (excluding diaryl/α,β-unsaturated/α-hetero) is 1. The summed E-state index contributed by atoms with van der Waals surface area (Å²) in [5.74, 6) is 1.09. The van der Waals surface area contributed by atoms with Gasteiger partial charge in [-0.3, -0.25) is 4.79 Å². The predicted molar refractivity (Wildman–Crippen MR) is 59.6 cm³/mol. The summed E-state index contributed by atoms with van der Waals surface area (Å²) in [7, 11) is 0. The summed E-state index contributed by atoms with van der Waals surface area (Å²) in [6.45, 7) is 1.48. The number of hydrogen-bond acceptors (Lipinski definition) is 5. The standard InChI is InChI=1S/C12H12N2O3/c1-8(15)6-12-13-11(14-17-12)7-9-2-4-10(16)5-3-9/h2-5,16H,6-7H2,1H3. The maximum atomic E-state index is 10.9. The van der Waals surface area contributed by atoms with Crippen LogP contribution >= 0.6 is 0 Å². The van der Waals surface area contributed by atoms with Crippen molar-refractivity contribution in [2.45, 2.75) is 19.8 Å². The third-order valence-electron chi connectivity index (χ3n) is 2.21. The summed E-state index contributed by atoms with van der Waals surface area (Å²) >= 11 is 0. The van der Waals surface area contributed by atoms with Gasteiger partial charge in [0.2, 0.25) is 5.89 Å². The van der Waals surface area contributed by atoms with Crippen LogP contribution in [-0.2, 0) is 17.6 Å². The molecule has 5 heteroatoms. The van der Waals surface area contributed by atoms with E-state index in [1.54, 1.807) is 24.3 Å². The summed E-state index contributed by atoms with van der Waals surface area (Å²) in [5, 5.41) is 12.9. The number of hydrogen-bond donors (Lipinski definition) is 1. The van der Waals surface area contributed by atoms with Crippen LogP contribution in [0.15, 0.2) is 28.8 Å². The lowest BCUT2D eigenvalue weighted by atomic mass is 10.1. The van der Waals surface area contributed by atoms with Crippen LogP contribution in [0.3, 0.4) is 0 Å². The highest BCUT2D eigenvalue weighted by atomic mass is 16.5. The first-order valence-corrected chi connectivity index (χ1v) is 5.22. The van der Waals surface area contributed by atoms with Crippen molar-refractivity contribution in [2.75, 3.05) is 0 Å². The van der Waals surface area contributed by atoms with Crippen molar-refractivity contribution < 1.29 is 14.4 Å². The zero-order valence-corrected chi connectivity index (χ0v) is 9.38. The van der Waals surface area contributed by atoms with E-state index in [4.69, 9.17) is 9.63 Å². The zero-order valence-electron chi connectivity index (χ0n) is 9.38. The van der Waals surface area contributed by atoms with Crippen LogP contribution in [0.1, 0.15) is 24.2 Å². The number of ketones is 1. The molecule has 1 N–H and O–H groups in total. The minimum Gasteiger partial charge on any atom is -0.508 e. The fraction of sp³-hybridized carbons (Fsp3) is 0.250. The number of rotatable bonds is 4. The third-order valence-corrected chi connectivity index (χ3v) is 2.21. The van der Waals surface area contributed by atoms with Crippen LogP contribution in [-0.4, -0.2) is 21.0 Å². The Labute approximate surface area is 98.1 Å².